The Morgan fingerprint density at radius 2 is 2.00 bits per heavy atom. The second-order valence-corrected chi connectivity index (χ2v) is 11.3. The molecular formula is C19H28F2N4O3S. The van der Waals surface area contributed by atoms with Crippen molar-refractivity contribution in [3.8, 4) is 0 Å². The van der Waals surface area contributed by atoms with Crippen LogP contribution in [0.4, 0.5) is 8.78 Å². The van der Waals surface area contributed by atoms with Gasteiger partial charge in [0.05, 0.1) is 13.2 Å². The predicted octanol–water partition coefficient (Wildman–Crippen LogP) is 1.92. The van der Waals surface area contributed by atoms with Gasteiger partial charge in [0.25, 0.3) is 16.4 Å². The fourth-order valence-electron chi connectivity index (χ4n) is 5.96. The number of halogens is 2. The molecule has 4 aliphatic rings. The van der Waals surface area contributed by atoms with Crippen molar-refractivity contribution in [1.29, 1.82) is 0 Å². The summed E-state index contributed by atoms with van der Waals surface area (Å²) in [7, 11) is -2.42. The summed E-state index contributed by atoms with van der Waals surface area (Å²) in [5, 5.41) is 7.12. The normalized spacial score (nSPS) is 31.3. The lowest BCUT2D eigenvalue weighted by molar-refractivity contribution is -0.180. The third-order valence-electron chi connectivity index (χ3n) is 7.79. The van der Waals surface area contributed by atoms with Gasteiger partial charge in [0, 0.05) is 44.2 Å². The molecule has 1 aromatic rings. The van der Waals surface area contributed by atoms with Gasteiger partial charge in [-0.1, -0.05) is 0 Å². The van der Waals surface area contributed by atoms with E-state index in [-0.39, 0.29) is 10.4 Å². The van der Waals surface area contributed by atoms with Crippen LogP contribution in [0.2, 0.25) is 0 Å². The molecule has 1 aliphatic carbocycles. The molecule has 29 heavy (non-hydrogen) atoms. The molecule has 2 unspecified atom stereocenters. The van der Waals surface area contributed by atoms with Crippen molar-refractivity contribution in [2.45, 2.75) is 49.6 Å². The van der Waals surface area contributed by atoms with Gasteiger partial charge in [0.2, 0.25) is 0 Å². The second kappa shape index (κ2) is 6.70. The van der Waals surface area contributed by atoms with E-state index in [0.29, 0.717) is 30.5 Å². The number of rotatable bonds is 4. The van der Waals surface area contributed by atoms with Crippen molar-refractivity contribution in [2.24, 2.45) is 23.8 Å². The highest BCUT2D eigenvalue weighted by Gasteiger charge is 2.57. The molecule has 0 bridgehead atoms. The summed E-state index contributed by atoms with van der Waals surface area (Å²) in [5.41, 5.74) is 0.0581. The van der Waals surface area contributed by atoms with Crippen LogP contribution in [0, 0.1) is 16.7 Å². The molecule has 4 heterocycles. The Morgan fingerprint density at radius 1 is 1.28 bits per heavy atom. The number of hydrogen-bond donors (Lipinski definition) is 1. The Morgan fingerprint density at radius 3 is 2.52 bits per heavy atom. The zero-order valence-electron chi connectivity index (χ0n) is 16.6. The highest BCUT2D eigenvalue weighted by Crippen LogP contribution is 2.54. The zero-order valence-corrected chi connectivity index (χ0v) is 17.4. The predicted molar refractivity (Wildman–Crippen MR) is 101 cm³/mol. The van der Waals surface area contributed by atoms with Gasteiger partial charge >= 0.3 is 0 Å². The average molecular weight is 431 g/mol. The number of alkyl halides is 2. The fraction of sp³-hybridized carbons (Fsp3) is 0.842. The molecule has 0 amide bonds. The Hall–Kier alpha value is -1.10. The van der Waals surface area contributed by atoms with E-state index in [1.807, 2.05) is 0 Å². The van der Waals surface area contributed by atoms with Crippen LogP contribution in [0.1, 0.15) is 44.2 Å². The summed E-state index contributed by atoms with van der Waals surface area (Å²) >= 11 is 0. The van der Waals surface area contributed by atoms with Crippen LogP contribution in [0.3, 0.4) is 0 Å². The standard InChI is InChI=1S/C19H28F2N4O3S/c1-24-15(8-14(23-24)17(20)21)29(26,27)25-6-4-18(5-7-25)3-2-13(9-18)16-19(10-22-16)11-28-12-19/h8,13,16-17,22H,2-7,9-12H2,1H3. The van der Waals surface area contributed by atoms with Crippen LogP contribution < -0.4 is 5.32 Å². The molecule has 10 heteroatoms. The summed E-state index contributed by atoms with van der Waals surface area (Å²) in [6, 6.07) is 1.54. The summed E-state index contributed by atoms with van der Waals surface area (Å²) in [6.45, 7) is 3.67. The molecule has 162 valence electrons. The highest BCUT2D eigenvalue weighted by molar-refractivity contribution is 7.89. The van der Waals surface area contributed by atoms with E-state index in [9.17, 15) is 17.2 Å². The first-order valence-corrected chi connectivity index (χ1v) is 11.8. The van der Waals surface area contributed by atoms with Crippen LogP contribution in [-0.4, -0.2) is 61.4 Å². The van der Waals surface area contributed by atoms with E-state index in [1.54, 1.807) is 0 Å². The van der Waals surface area contributed by atoms with Gasteiger partial charge in [-0.3, -0.25) is 4.68 Å². The van der Waals surface area contributed by atoms with Crippen molar-refractivity contribution in [3.63, 3.8) is 0 Å². The molecule has 0 radical (unpaired) electrons. The Kier molecular flexibility index (Phi) is 4.58. The van der Waals surface area contributed by atoms with Crippen LogP contribution in [-0.2, 0) is 21.8 Å². The van der Waals surface area contributed by atoms with E-state index in [2.05, 4.69) is 10.4 Å². The van der Waals surface area contributed by atoms with Crippen molar-refractivity contribution in [3.05, 3.63) is 11.8 Å². The smallest absolute Gasteiger partial charge is 0.282 e. The second-order valence-electron chi connectivity index (χ2n) is 9.45. The van der Waals surface area contributed by atoms with Crippen molar-refractivity contribution >= 4 is 10.0 Å². The van der Waals surface area contributed by atoms with Crippen molar-refractivity contribution < 1.29 is 21.9 Å². The molecule has 1 aromatic heterocycles. The van der Waals surface area contributed by atoms with E-state index in [4.69, 9.17) is 4.74 Å². The lowest BCUT2D eigenvalue weighted by atomic mass is 9.65. The monoisotopic (exact) mass is 430 g/mol. The zero-order chi connectivity index (χ0) is 20.4. The first-order chi connectivity index (χ1) is 13.7. The molecule has 3 saturated heterocycles. The van der Waals surface area contributed by atoms with Crippen LogP contribution >= 0.6 is 0 Å². The fourth-order valence-corrected chi connectivity index (χ4v) is 7.54. The number of ether oxygens (including phenoxy) is 1. The van der Waals surface area contributed by atoms with Gasteiger partial charge in [0.15, 0.2) is 5.03 Å². The van der Waals surface area contributed by atoms with E-state index >= 15 is 0 Å². The minimum atomic E-state index is -3.82. The number of sulfonamides is 1. The molecule has 1 N–H and O–H groups in total. The third kappa shape index (κ3) is 3.05. The lowest BCUT2D eigenvalue weighted by Gasteiger charge is -2.58. The van der Waals surface area contributed by atoms with Crippen molar-refractivity contribution in [2.75, 3.05) is 32.8 Å². The van der Waals surface area contributed by atoms with Gasteiger partial charge in [-0.25, -0.2) is 17.2 Å². The van der Waals surface area contributed by atoms with E-state index in [0.717, 1.165) is 56.2 Å². The molecule has 2 spiro atoms. The number of piperidine rings is 1. The van der Waals surface area contributed by atoms with Gasteiger partial charge in [-0.15, -0.1) is 0 Å². The van der Waals surface area contributed by atoms with Gasteiger partial charge < -0.3 is 10.1 Å². The minimum Gasteiger partial charge on any atom is -0.380 e. The quantitative estimate of drug-likeness (QED) is 0.790. The molecule has 4 fully saturated rings. The number of nitrogens with one attached hydrogen (secondary N) is 1. The largest absolute Gasteiger partial charge is 0.380 e. The average Bonchev–Trinajstić information content (AvgIpc) is 3.18. The maximum Gasteiger partial charge on any atom is 0.282 e. The first-order valence-electron chi connectivity index (χ1n) is 10.4. The molecule has 2 atom stereocenters. The summed E-state index contributed by atoms with van der Waals surface area (Å²) < 4.78 is 59.8. The maximum atomic E-state index is 13.0. The Balaban J connectivity index is 1.25. The molecule has 7 nitrogen and oxygen atoms in total. The van der Waals surface area contributed by atoms with Crippen molar-refractivity contribution in [1.82, 2.24) is 19.4 Å². The van der Waals surface area contributed by atoms with Crippen LogP contribution in [0.15, 0.2) is 11.1 Å². The maximum absolute atomic E-state index is 13.0. The van der Waals surface area contributed by atoms with Gasteiger partial charge in [-0.05, 0) is 43.4 Å². The highest BCUT2D eigenvalue weighted by atomic mass is 32.2. The molecule has 3 aliphatic heterocycles. The summed E-state index contributed by atoms with van der Waals surface area (Å²) in [6.07, 6.45) is 2.35. The van der Waals surface area contributed by atoms with Gasteiger partial charge in [0.1, 0.15) is 5.69 Å². The van der Waals surface area contributed by atoms with Gasteiger partial charge in [-0.2, -0.15) is 9.40 Å². The number of hydrogen-bond acceptors (Lipinski definition) is 5. The molecule has 0 aromatic carbocycles. The molecule has 5 rings (SSSR count). The minimum absolute atomic E-state index is 0.154. The Bertz CT molecular complexity index is 886. The molecule has 1 saturated carbocycles. The first kappa shape index (κ1) is 19.8. The molecular weight excluding hydrogens is 402 g/mol. The van der Waals surface area contributed by atoms with E-state index in [1.165, 1.54) is 17.8 Å². The van der Waals surface area contributed by atoms with Crippen LogP contribution in [0.25, 0.3) is 0 Å². The lowest BCUT2D eigenvalue weighted by Crippen LogP contribution is -2.73. The number of aryl methyl sites for hydroxylation is 1. The summed E-state index contributed by atoms with van der Waals surface area (Å²) in [5.74, 6) is 0.640. The topological polar surface area (TPSA) is 76.5 Å². The number of aromatic nitrogens is 2. The number of nitrogens with zero attached hydrogens (tertiary/aromatic N) is 3. The van der Waals surface area contributed by atoms with Crippen LogP contribution in [0.5, 0.6) is 0 Å². The SMILES string of the molecule is Cn1nc(C(F)F)cc1S(=O)(=O)N1CCC2(CCC(C3NCC34COC4)C2)CC1. The van der Waals surface area contributed by atoms with E-state index < -0.39 is 22.1 Å². The Labute approximate surface area is 169 Å². The summed E-state index contributed by atoms with van der Waals surface area (Å²) in [4.78, 5) is 0. The third-order valence-corrected chi connectivity index (χ3v) is 9.75.